The van der Waals surface area contributed by atoms with E-state index in [0.717, 1.165) is 12.8 Å². The molecular weight excluding hydrogens is 397 g/mol. The maximum Gasteiger partial charge on any atom is 0.330 e. The Morgan fingerprint density at radius 2 is 1.56 bits per heavy atom. The van der Waals surface area contributed by atoms with E-state index < -0.39 is 0 Å². The monoisotopic (exact) mass is 421 g/mol. The number of hydrogen-bond acceptors (Lipinski definition) is 2. The largest absolute Gasteiger partial charge is 0.463 e. The van der Waals surface area contributed by atoms with Crippen LogP contribution in [0, 0.1) is 0 Å². The summed E-state index contributed by atoms with van der Waals surface area (Å²) in [5.41, 5.74) is 0. The zero-order chi connectivity index (χ0) is 11.4. The van der Waals surface area contributed by atoms with Gasteiger partial charge in [-0.05, 0) is 6.42 Å². The Bertz CT molecular complexity index is 169. The number of ether oxygens (including phenoxy) is 1. The minimum atomic E-state index is -0.307. The Labute approximate surface area is 119 Å². The third-order valence-electron chi connectivity index (χ3n) is 2.41. The van der Waals surface area contributed by atoms with E-state index in [9.17, 15) is 4.79 Å². The Hall–Kier alpha value is 0.0931. The summed E-state index contributed by atoms with van der Waals surface area (Å²) in [4.78, 5) is 10.7. The fraction of sp³-hybridized carbons (Fsp3) is 0.769. The molecule has 16 heavy (non-hydrogen) atoms. The molecule has 0 N–H and O–H groups in total. The molecule has 3 radical (unpaired) electrons. The number of rotatable bonds is 10. The minimum Gasteiger partial charge on any atom is -0.463 e. The van der Waals surface area contributed by atoms with Gasteiger partial charge in [-0.1, -0.05) is 58.4 Å². The second-order valence-corrected chi connectivity index (χ2v) is 3.85. The molecule has 0 saturated carbocycles. The summed E-state index contributed by atoms with van der Waals surface area (Å²) < 4.78 is 4.88. The first-order valence-electron chi connectivity index (χ1n) is 6.10. The molecule has 0 aliphatic carbocycles. The van der Waals surface area contributed by atoms with Crippen LogP contribution in [-0.2, 0) is 9.53 Å². The molecule has 0 aromatic rings. The average Bonchev–Trinajstić information content (AvgIpc) is 2.26. The molecule has 0 aliphatic rings. The van der Waals surface area contributed by atoms with Crippen molar-refractivity contribution < 1.29 is 9.53 Å². The predicted octanol–water partition coefficient (Wildman–Crippen LogP) is 3.48. The van der Waals surface area contributed by atoms with Gasteiger partial charge in [0.05, 0.1) is 6.61 Å². The Morgan fingerprint density at radius 1 is 1.06 bits per heavy atom. The summed E-state index contributed by atoms with van der Waals surface area (Å²) in [5.74, 6) is -0.307. The van der Waals surface area contributed by atoms with Crippen LogP contribution in [0.1, 0.15) is 58.3 Å². The van der Waals surface area contributed by atoms with Gasteiger partial charge in [-0.15, -0.1) is 0 Å². The van der Waals surface area contributed by atoms with Gasteiger partial charge in [-0.25, -0.2) is 4.79 Å². The van der Waals surface area contributed by atoms with Gasteiger partial charge in [-0.2, -0.15) is 0 Å². The maximum absolute atomic E-state index is 10.7. The van der Waals surface area contributed by atoms with E-state index in [1.54, 1.807) is 0 Å². The summed E-state index contributed by atoms with van der Waals surface area (Å²) >= 11 is 0. The van der Waals surface area contributed by atoms with Gasteiger partial charge in [0.1, 0.15) is 0 Å². The molecule has 0 aromatic carbocycles. The number of hydrogen-bond donors (Lipinski definition) is 0. The fourth-order valence-electron chi connectivity index (χ4n) is 1.47. The molecule has 0 aromatic heterocycles. The molecule has 93 valence electrons. The molecule has 0 amide bonds. The molecule has 0 unspecified atom stereocenters. The predicted molar refractivity (Wildman–Crippen MR) is 69.5 cm³/mol. The second kappa shape index (κ2) is 15.1. The van der Waals surface area contributed by atoms with Crippen molar-refractivity contribution in [2.75, 3.05) is 6.61 Å². The number of carbonyl (C=O) groups excluding carboxylic acids is 1. The van der Waals surface area contributed by atoms with Gasteiger partial charge < -0.3 is 4.74 Å². The first-order chi connectivity index (χ1) is 7.31. The van der Waals surface area contributed by atoms with E-state index in [-0.39, 0.29) is 32.2 Å². The molecule has 0 atom stereocenters. The van der Waals surface area contributed by atoms with Crippen LogP contribution in [0.25, 0.3) is 0 Å². The summed E-state index contributed by atoms with van der Waals surface area (Å²) in [7, 11) is 0. The standard InChI is InChI=1S/C13H24O2.Bi/c1-3-5-6-7-8-9-10-11-12-15-13(14)4-2;/h4H,2-3,5-12H2,1H3;. The van der Waals surface area contributed by atoms with Crippen molar-refractivity contribution in [1.29, 1.82) is 0 Å². The third kappa shape index (κ3) is 14.1. The van der Waals surface area contributed by atoms with Crippen molar-refractivity contribution in [2.24, 2.45) is 0 Å². The summed E-state index contributed by atoms with van der Waals surface area (Å²) in [6, 6.07) is 0. The van der Waals surface area contributed by atoms with E-state index in [0.29, 0.717) is 6.61 Å². The van der Waals surface area contributed by atoms with Crippen LogP contribution in [0.4, 0.5) is 0 Å². The quantitative estimate of drug-likeness (QED) is 0.234. The van der Waals surface area contributed by atoms with Gasteiger partial charge in [0.15, 0.2) is 0 Å². The van der Waals surface area contributed by atoms with Crippen molar-refractivity contribution in [3.63, 3.8) is 0 Å². The Morgan fingerprint density at radius 3 is 2.06 bits per heavy atom. The van der Waals surface area contributed by atoms with Crippen molar-refractivity contribution in [1.82, 2.24) is 0 Å². The van der Waals surface area contributed by atoms with Crippen LogP contribution in [0.3, 0.4) is 0 Å². The zero-order valence-corrected chi connectivity index (χ0v) is 13.9. The van der Waals surface area contributed by atoms with Crippen LogP contribution in [0.5, 0.6) is 0 Å². The smallest absolute Gasteiger partial charge is 0.330 e. The SMILES string of the molecule is C=CC(=O)OCCCCCCCCCC.[Bi]. The van der Waals surface area contributed by atoms with E-state index in [4.69, 9.17) is 4.74 Å². The van der Waals surface area contributed by atoms with Gasteiger partial charge in [0, 0.05) is 32.3 Å². The molecule has 0 aliphatic heterocycles. The van der Waals surface area contributed by atoms with E-state index >= 15 is 0 Å². The number of esters is 1. The molecule has 0 bridgehead atoms. The molecule has 3 heteroatoms. The Kier molecular flexibility index (Phi) is 17.4. The molecule has 2 nitrogen and oxygen atoms in total. The molecule has 0 fully saturated rings. The topological polar surface area (TPSA) is 26.3 Å². The van der Waals surface area contributed by atoms with Crippen LogP contribution in [-0.4, -0.2) is 38.8 Å². The fourth-order valence-corrected chi connectivity index (χ4v) is 1.47. The van der Waals surface area contributed by atoms with Crippen molar-refractivity contribution in [2.45, 2.75) is 58.3 Å². The van der Waals surface area contributed by atoms with E-state index in [1.807, 2.05) is 0 Å². The molecular formula is C13H24BiO2. The minimum absolute atomic E-state index is 0. The first-order valence-corrected chi connectivity index (χ1v) is 6.10. The maximum atomic E-state index is 10.7. The Balaban J connectivity index is 0. The van der Waals surface area contributed by atoms with Gasteiger partial charge in [0.25, 0.3) is 0 Å². The van der Waals surface area contributed by atoms with Crippen molar-refractivity contribution in [3.05, 3.63) is 12.7 Å². The van der Waals surface area contributed by atoms with Gasteiger partial charge in [-0.3, -0.25) is 0 Å². The van der Waals surface area contributed by atoms with Crippen LogP contribution < -0.4 is 0 Å². The van der Waals surface area contributed by atoms with E-state index in [1.165, 1.54) is 44.6 Å². The summed E-state index contributed by atoms with van der Waals surface area (Å²) in [5, 5.41) is 0. The zero-order valence-electron chi connectivity index (χ0n) is 10.4. The van der Waals surface area contributed by atoms with Crippen LogP contribution in [0.2, 0.25) is 0 Å². The summed E-state index contributed by atoms with van der Waals surface area (Å²) in [6.45, 7) is 6.11. The van der Waals surface area contributed by atoms with Gasteiger partial charge >= 0.3 is 5.97 Å². The molecule has 0 saturated heterocycles. The van der Waals surface area contributed by atoms with Crippen LogP contribution in [0.15, 0.2) is 12.7 Å². The number of carbonyl (C=O) groups is 1. The first kappa shape index (κ1) is 18.5. The molecule has 0 heterocycles. The number of unbranched alkanes of at least 4 members (excludes halogenated alkanes) is 7. The molecule has 0 rings (SSSR count). The second-order valence-electron chi connectivity index (χ2n) is 3.85. The normalized spacial score (nSPS) is 9.31. The third-order valence-corrected chi connectivity index (χ3v) is 2.41. The summed E-state index contributed by atoms with van der Waals surface area (Å²) in [6.07, 6.45) is 11.3. The average molecular weight is 421 g/mol. The van der Waals surface area contributed by atoms with Gasteiger partial charge in [0.2, 0.25) is 0 Å². The molecule has 0 spiro atoms. The van der Waals surface area contributed by atoms with E-state index in [2.05, 4.69) is 13.5 Å². The van der Waals surface area contributed by atoms with Crippen molar-refractivity contribution in [3.8, 4) is 0 Å². The van der Waals surface area contributed by atoms with Crippen LogP contribution >= 0.6 is 0 Å². The van der Waals surface area contributed by atoms with Crippen molar-refractivity contribution >= 4 is 32.2 Å².